The highest BCUT2D eigenvalue weighted by atomic mass is 79.9. The van der Waals surface area contributed by atoms with E-state index in [4.69, 9.17) is 0 Å². The normalized spacial score (nSPS) is 10.6. The van der Waals surface area contributed by atoms with Gasteiger partial charge in [-0.15, -0.1) is 0 Å². The molecule has 0 atom stereocenters. The van der Waals surface area contributed by atoms with Gasteiger partial charge >= 0.3 is 0 Å². The SMILES string of the molecule is Cc1ccc(C(F)F)cc1Br. The minimum absolute atomic E-state index is 0.0578. The summed E-state index contributed by atoms with van der Waals surface area (Å²) < 4.78 is 24.8. The number of rotatable bonds is 1. The van der Waals surface area contributed by atoms with Gasteiger partial charge in [-0.25, -0.2) is 8.78 Å². The second-order valence-corrected chi connectivity index (χ2v) is 3.16. The predicted octanol–water partition coefficient (Wildman–Crippen LogP) is 3.70. The average molecular weight is 221 g/mol. The largest absolute Gasteiger partial charge is 0.263 e. The standard InChI is InChI=1S/C8H7BrF2/c1-5-2-3-6(8(10)11)4-7(5)9/h2-4,8H,1H3. The lowest BCUT2D eigenvalue weighted by atomic mass is 10.2. The summed E-state index contributed by atoms with van der Waals surface area (Å²) in [6, 6.07) is 4.55. The molecule has 3 heteroatoms. The van der Waals surface area contributed by atoms with Crippen LogP contribution in [0.2, 0.25) is 0 Å². The van der Waals surface area contributed by atoms with Gasteiger partial charge in [0.1, 0.15) is 0 Å². The van der Waals surface area contributed by atoms with Crippen LogP contribution in [0.4, 0.5) is 8.78 Å². The number of hydrogen-bond acceptors (Lipinski definition) is 0. The third-order valence-corrected chi connectivity index (χ3v) is 2.30. The fraction of sp³-hybridized carbons (Fsp3) is 0.250. The molecular formula is C8H7BrF2. The van der Waals surface area contributed by atoms with Crippen molar-refractivity contribution in [3.05, 3.63) is 33.8 Å². The maximum absolute atomic E-state index is 12.1. The molecule has 0 aliphatic heterocycles. The van der Waals surface area contributed by atoms with E-state index in [-0.39, 0.29) is 5.56 Å². The predicted molar refractivity (Wildman–Crippen MR) is 43.8 cm³/mol. The van der Waals surface area contributed by atoms with E-state index in [1.807, 2.05) is 6.92 Å². The van der Waals surface area contributed by atoms with Crippen molar-refractivity contribution in [1.82, 2.24) is 0 Å². The molecule has 0 amide bonds. The van der Waals surface area contributed by atoms with Gasteiger partial charge in [-0.3, -0.25) is 0 Å². The van der Waals surface area contributed by atoms with Crippen LogP contribution in [0.1, 0.15) is 17.6 Å². The van der Waals surface area contributed by atoms with Gasteiger partial charge in [0.25, 0.3) is 6.43 Å². The van der Waals surface area contributed by atoms with E-state index < -0.39 is 6.43 Å². The Labute approximate surface area is 72.4 Å². The minimum atomic E-state index is -2.38. The average Bonchev–Trinajstić information content (AvgIpc) is 1.94. The zero-order valence-corrected chi connectivity index (χ0v) is 7.53. The van der Waals surface area contributed by atoms with Crippen LogP contribution >= 0.6 is 15.9 Å². The summed E-state index contributed by atoms with van der Waals surface area (Å²) in [5.41, 5.74) is 1.02. The molecule has 0 heterocycles. The molecule has 1 rings (SSSR count). The molecule has 0 aliphatic rings. The molecular weight excluding hydrogens is 214 g/mol. The lowest BCUT2D eigenvalue weighted by molar-refractivity contribution is 0.151. The third kappa shape index (κ3) is 1.99. The van der Waals surface area contributed by atoms with Crippen molar-refractivity contribution in [2.75, 3.05) is 0 Å². The fourth-order valence-corrected chi connectivity index (χ4v) is 1.14. The lowest BCUT2D eigenvalue weighted by Gasteiger charge is -2.01. The molecule has 0 N–H and O–H groups in total. The summed E-state index contributed by atoms with van der Waals surface area (Å²) >= 11 is 3.18. The van der Waals surface area contributed by atoms with Crippen LogP contribution in [-0.4, -0.2) is 0 Å². The van der Waals surface area contributed by atoms with Crippen LogP contribution in [0.15, 0.2) is 22.7 Å². The van der Waals surface area contributed by atoms with Crippen LogP contribution < -0.4 is 0 Å². The van der Waals surface area contributed by atoms with Crippen molar-refractivity contribution in [2.45, 2.75) is 13.3 Å². The molecule has 0 radical (unpaired) electrons. The number of benzene rings is 1. The maximum atomic E-state index is 12.1. The lowest BCUT2D eigenvalue weighted by Crippen LogP contribution is -1.84. The van der Waals surface area contributed by atoms with Crippen molar-refractivity contribution in [2.24, 2.45) is 0 Å². The summed E-state index contributed by atoms with van der Waals surface area (Å²) in [5.74, 6) is 0. The van der Waals surface area contributed by atoms with Crippen LogP contribution in [0.5, 0.6) is 0 Å². The Kier molecular flexibility index (Phi) is 2.60. The Morgan fingerprint density at radius 3 is 2.45 bits per heavy atom. The van der Waals surface area contributed by atoms with Crippen molar-refractivity contribution < 1.29 is 8.78 Å². The quantitative estimate of drug-likeness (QED) is 0.678. The van der Waals surface area contributed by atoms with E-state index in [9.17, 15) is 8.78 Å². The second kappa shape index (κ2) is 3.30. The number of aryl methyl sites for hydroxylation is 1. The molecule has 60 valence electrons. The zero-order valence-electron chi connectivity index (χ0n) is 5.94. The molecule has 0 unspecified atom stereocenters. The van der Waals surface area contributed by atoms with Crippen LogP contribution in [-0.2, 0) is 0 Å². The van der Waals surface area contributed by atoms with Crippen molar-refractivity contribution in [3.63, 3.8) is 0 Å². The molecule has 0 aliphatic carbocycles. The molecule has 0 saturated heterocycles. The van der Waals surface area contributed by atoms with Gasteiger partial charge in [-0.2, -0.15) is 0 Å². The fourth-order valence-electron chi connectivity index (χ4n) is 0.745. The van der Waals surface area contributed by atoms with E-state index >= 15 is 0 Å². The van der Waals surface area contributed by atoms with E-state index in [0.29, 0.717) is 0 Å². The Balaban J connectivity index is 3.05. The van der Waals surface area contributed by atoms with E-state index in [2.05, 4.69) is 15.9 Å². The maximum Gasteiger partial charge on any atom is 0.263 e. The van der Waals surface area contributed by atoms with Gasteiger partial charge in [0.2, 0.25) is 0 Å². The topological polar surface area (TPSA) is 0 Å². The summed E-state index contributed by atoms with van der Waals surface area (Å²) in [4.78, 5) is 0. The van der Waals surface area contributed by atoms with Crippen LogP contribution in [0, 0.1) is 6.92 Å². The van der Waals surface area contributed by atoms with Crippen molar-refractivity contribution in [1.29, 1.82) is 0 Å². The van der Waals surface area contributed by atoms with Crippen LogP contribution in [0.25, 0.3) is 0 Å². The van der Waals surface area contributed by atoms with Gasteiger partial charge in [0.15, 0.2) is 0 Å². The zero-order chi connectivity index (χ0) is 8.43. The summed E-state index contributed by atoms with van der Waals surface area (Å²) in [5, 5.41) is 0. The first-order valence-electron chi connectivity index (χ1n) is 3.15. The molecule has 1 aromatic carbocycles. The molecule has 1 aromatic rings. The van der Waals surface area contributed by atoms with Gasteiger partial charge < -0.3 is 0 Å². The third-order valence-electron chi connectivity index (χ3n) is 1.45. The van der Waals surface area contributed by atoms with E-state index in [1.165, 1.54) is 12.1 Å². The molecule has 11 heavy (non-hydrogen) atoms. The Hall–Kier alpha value is -0.440. The smallest absolute Gasteiger partial charge is 0.205 e. The summed E-state index contributed by atoms with van der Waals surface area (Å²) in [6.45, 7) is 1.86. The number of alkyl halides is 2. The van der Waals surface area contributed by atoms with Gasteiger partial charge in [0.05, 0.1) is 0 Å². The van der Waals surface area contributed by atoms with Crippen molar-refractivity contribution >= 4 is 15.9 Å². The van der Waals surface area contributed by atoms with Gasteiger partial charge in [-0.05, 0) is 18.6 Å². The number of hydrogen-bond donors (Lipinski definition) is 0. The number of halogens is 3. The molecule has 0 aromatic heterocycles. The highest BCUT2D eigenvalue weighted by Gasteiger charge is 2.06. The molecule has 0 fully saturated rings. The Bertz CT molecular complexity index is 258. The van der Waals surface area contributed by atoms with E-state index in [0.717, 1.165) is 10.0 Å². The molecule has 0 spiro atoms. The summed E-state index contributed by atoms with van der Waals surface area (Å²) in [7, 11) is 0. The summed E-state index contributed by atoms with van der Waals surface area (Å²) in [6.07, 6.45) is -2.38. The monoisotopic (exact) mass is 220 g/mol. The molecule has 0 nitrogen and oxygen atoms in total. The highest BCUT2D eigenvalue weighted by Crippen LogP contribution is 2.24. The van der Waals surface area contributed by atoms with E-state index in [1.54, 1.807) is 6.07 Å². The second-order valence-electron chi connectivity index (χ2n) is 2.31. The first-order chi connectivity index (χ1) is 5.11. The van der Waals surface area contributed by atoms with Crippen molar-refractivity contribution in [3.8, 4) is 0 Å². The van der Waals surface area contributed by atoms with Gasteiger partial charge in [-0.1, -0.05) is 28.1 Å². The first kappa shape index (κ1) is 8.65. The van der Waals surface area contributed by atoms with Crippen LogP contribution in [0.3, 0.4) is 0 Å². The highest BCUT2D eigenvalue weighted by molar-refractivity contribution is 9.10. The van der Waals surface area contributed by atoms with Gasteiger partial charge in [0, 0.05) is 10.0 Å². The molecule has 0 bridgehead atoms. The Morgan fingerprint density at radius 1 is 1.36 bits per heavy atom. The Morgan fingerprint density at radius 2 is 2.00 bits per heavy atom. The minimum Gasteiger partial charge on any atom is -0.205 e. The first-order valence-corrected chi connectivity index (χ1v) is 3.95. The molecule has 0 saturated carbocycles.